The number of nitrogens with zero attached hydrogens (tertiary/aromatic N) is 4. The Labute approximate surface area is 211 Å². The molecule has 0 radical (unpaired) electrons. The number of hydrogen-bond acceptors (Lipinski definition) is 7. The van der Waals surface area contributed by atoms with Crippen molar-refractivity contribution in [1.82, 2.24) is 18.7 Å². The van der Waals surface area contributed by atoms with Crippen molar-refractivity contribution in [2.75, 3.05) is 13.2 Å². The van der Waals surface area contributed by atoms with Gasteiger partial charge in [0.2, 0.25) is 0 Å². The van der Waals surface area contributed by atoms with Crippen LogP contribution < -0.4 is 20.7 Å². The number of fused-ring (bicyclic) bond motifs is 1. The lowest BCUT2D eigenvalue weighted by Crippen LogP contribution is -2.41. The Morgan fingerprint density at radius 3 is 2.26 bits per heavy atom. The Morgan fingerprint density at radius 1 is 0.895 bits per heavy atom. The first kappa shape index (κ1) is 26.9. The molecule has 2 aromatic heterocycles. The SMILES string of the molecule is O=c1c2c(nc(Oc3cccc(OC(F)(F)F)c3)n2Cc2ccc(F)cc2)n(CCO)c(=O)n1CCCO. The molecule has 14 heteroatoms. The van der Waals surface area contributed by atoms with Gasteiger partial charge in [0.15, 0.2) is 11.2 Å². The van der Waals surface area contributed by atoms with Gasteiger partial charge in [-0.2, -0.15) is 4.98 Å². The zero-order valence-corrected chi connectivity index (χ0v) is 19.7. The molecule has 4 aromatic rings. The second-order valence-corrected chi connectivity index (χ2v) is 8.10. The molecular weight excluding hydrogens is 516 g/mol. The lowest BCUT2D eigenvalue weighted by molar-refractivity contribution is -0.274. The molecule has 202 valence electrons. The van der Waals surface area contributed by atoms with Gasteiger partial charge in [-0.05, 0) is 36.2 Å². The predicted molar refractivity (Wildman–Crippen MR) is 126 cm³/mol. The van der Waals surface area contributed by atoms with E-state index in [2.05, 4.69) is 9.72 Å². The van der Waals surface area contributed by atoms with Crippen LogP contribution in [0.3, 0.4) is 0 Å². The van der Waals surface area contributed by atoms with Crippen LogP contribution in [0.2, 0.25) is 0 Å². The van der Waals surface area contributed by atoms with Gasteiger partial charge < -0.3 is 19.7 Å². The lowest BCUT2D eigenvalue weighted by atomic mass is 10.2. The fourth-order valence-corrected chi connectivity index (χ4v) is 3.84. The molecule has 0 amide bonds. The Balaban J connectivity index is 1.91. The summed E-state index contributed by atoms with van der Waals surface area (Å²) < 4.78 is 64.5. The molecule has 0 spiro atoms. The minimum atomic E-state index is -4.94. The maximum atomic E-state index is 13.5. The molecule has 0 fully saturated rings. The van der Waals surface area contributed by atoms with Gasteiger partial charge in [0.1, 0.15) is 17.3 Å². The Morgan fingerprint density at radius 2 is 1.61 bits per heavy atom. The van der Waals surface area contributed by atoms with E-state index in [9.17, 15) is 37.4 Å². The number of ether oxygens (including phenoxy) is 2. The van der Waals surface area contributed by atoms with E-state index in [1.54, 1.807) is 0 Å². The molecule has 10 nitrogen and oxygen atoms in total. The van der Waals surface area contributed by atoms with Crippen molar-refractivity contribution in [3.05, 3.63) is 80.7 Å². The number of hydrogen-bond donors (Lipinski definition) is 2. The fraction of sp³-hybridized carbons (Fsp3) is 0.292. The monoisotopic (exact) mass is 538 g/mol. The molecule has 0 aliphatic carbocycles. The molecule has 0 aliphatic rings. The molecule has 2 N–H and O–H groups in total. The van der Waals surface area contributed by atoms with Crippen LogP contribution in [0.1, 0.15) is 12.0 Å². The van der Waals surface area contributed by atoms with Crippen LogP contribution in [-0.4, -0.2) is 48.5 Å². The molecule has 4 rings (SSSR count). The van der Waals surface area contributed by atoms with Gasteiger partial charge in [0, 0.05) is 19.2 Å². The van der Waals surface area contributed by atoms with Crippen LogP contribution in [-0.2, 0) is 19.6 Å². The van der Waals surface area contributed by atoms with E-state index in [-0.39, 0.29) is 55.6 Å². The smallest absolute Gasteiger partial charge is 0.425 e. The van der Waals surface area contributed by atoms with Gasteiger partial charge in [0.05, 0.1) is 19.7 Å². The average molecular weight is 538 g/mol. The molecule has 0 saturated heterocycles. The number of aliphatic hydroxyl groups excluding tert-OH is 2. The minimum Gasteiger partial charge on any atom is -0.425 e. The first-order chi connectivity index (χ1) is 18.1. The molecule has 0 atom stereocenters. The fourth-order valence-electron chi connectivity index (χ4n) is 3.84. The molecule has 2 heterocycles. The third-order valence-corrected chi connectivity index (χ3v) is 5.44. The number of benzene rings is 2. The highest BCUT2D eigenvalue weighted by Gasteiger charge is 2.31. The van der Waals surface area contributed by atoms with Crippen LogP contribution in [0.25, 0.3) is 11.2 Å². The van der Waals surface area contributed by atoms with Gasteiger partial charge in [-0.25, -0.2) is 9.18 Å². The zero-order valence-electron chi connectivity index (χ0n) is 19.7. The standard InChI is InChI=1S/C24H22F4N4O6/c25-16-7-5-15(6-8-16)14-32-19-20(30(10-12-34)23(36)31(21(19)35)9-2-11-33)29-22(32)37-17-3-1-4-18(13-17)38-24(26,27)28/h1,3-8,13,33-34H,2,9-12,14H2. The summed E-state index contributed by atoms with van der Waals surface area (Å²) in [5, 5.41) is 18.8. The maximum Gasteiger partial charge on any atom is 0.573 e. The number of aromatic nitrogens is 4. The van der Waals surface area contributed by atoms with Gasteiger partial charge in [-0.1, -0.05) is 18.2 Å². The zero-order chi connectivity index (χ0) is 27.4. The van der Waals surface area contributed by atoms with Crippen molar-refractivity contribution in [3.63, 3.8) is 0 Å². The highest BCUT2D eigenvalue weighted by atomic mass is 19.4. The highest BCUT2D eigenvalue weighted by Crippen LogP contribution is 2.30. The van der Waals surface area contributed by atoms with E-state index >= 15 is 0 Å². The number of alkyl halides is 3. The van der Waals surface area contributed by atoms with Crippen molar-refractivity contribution in [2.45, 2.75) is 32.4 Å². The summed E-state index contributed by atoms with van der Waals surface area (Å²) in [5.41, 5.74) is -1.24. The normalized spacial score (nSPS) is 11.7. The van der Waals surface area contributed by atoms with Crippen molar-refractivity contribution < 1.29 is 37.2 Å². The van der Waals surface area contributed by atoms with E-state index in [1.165, 1.54) is 41.0 Å². The summed E-state index contributed by atoms with van der Waals surface area (Å²) in [7, 11) is 0. The Hall–Kier alpha value is -4.17. The quantitative estimate of drug-likeness (QED) is 0.298. The molecule has 38 heavy (non-hydrogen) atoms. The van der Waals surface area contributed by atoms with Gasteiger partial charge in [0.25, 0.3) is 5.56 Å². The summed E-state index contributed by atoms with van der Waals surface area (Å²) in [5.74, 6) is -1.16. The van der Waals surface area contributed by atoms with Gasteiger partial charge in [-0.3, -0.25) is 18.5 Å². The Bertz CT molecular complexity index is 1540. The number of rotatable bonds is 10. The Kier molecular flexibility index (Phi) is 7.83. The second kappa shape index (κ2) is 11.1. The largest absolute Gasteiger partial charge is 0.573 e. The summed E-state index contributed by atoms with van der Waals surface area (Å²) in [4.78, 5) is 30.7. The van der Waals surface area contributed by atoms with Crippen LogP contribution in [0, 0.1) is 5.82 Å². The lowest BCUT2D eigenvalue weighted by Gasteiger charge is -2.13. The van der Waals surface area contributed by atoms with Gasteiger partial charge >= 0.3 is 18.1 Å². The molecule has 0 bridgehead atoms. The summed E-state index contributed by atoms with van der Waals surface area (Å²) in [6, 6.07) is 9.70. The topological polar surface area (TPSA) is 121 Å². The summed E-state index contributed by atoms with van der Waals surface area (Å²) >= 11 is 0. The van der Waals surface area contributed by atoms with E-state index in [0.29, 0.717) is 5.56 Å². The van der Waals surface area contributed by atoms with Crippen molar-refractivity contribution in [1.29, 1.82) is 0 Å². The van der Waals surface area contributed by atoms with Crippen LogP contribution in [0.5, 0.6) is 17.5 Å². The number of aliphatic hydroxyl groups is 2. The minimum absolute atomic E-state index is 0.0859. The summed E-state index contributed by atoms with van der Waals surface area (Å²) in [6.45, 7) is -1.19. The maximum absolute atomic E-state index is 13.5. The van der Waals surface area contributed by atoms with Crippen molar-refractivity contribution in [2.24, 2.45) is 0 Å². The first-order valence-corrected chi connectivity index (χ1v) is 11.3. The number of halogens is 4. The third-order valence-electron chi connectivity index (χ3n) is 5.44. The molecule has 0 saturated carbocycles. The molecular formula is C24H22F4N4O6. The van der Waals surface area contributed by atoms with E-state index in [1.807, 2.05) is 0 Å². The van der Waals surface area contributed by atoms with Gasteiger partial charge in [-0.15, -0.1) is 13.2 Å². The average Bonchev–Trinajstić information content (AvgIpc) is 3.20. The molecule has 0 aliphatic heterocycles. The first-order valence-electron chi connectivity index (χ1n) is 11.3. The van der Waals surface area contributed by atoms with Crippen LogP contribution in [0.15, 0.2) is 58.1 Å². The van der Waals surface area contributed by atoms with E-state index < -0.39 is 35.8 Å². The number of imidazole rings is 1. The summed E-state index contributed by atoms with van der Waals surface area (Å²) in [6.07, 6.45) is -4.84. The molecule has 0 unspecified atom stereocenters. The van der Waals surface area contributed by atoms with E-state index in [4.69, 9.17) is 4.74 Å². The van der Waals surface area contributed by atoms with Crippen LogP contribution >= 0.6 is 0 Å². The van der Waals surface area contributed by atoms with Crippen molar-refractivity contribution >= 4 is 11.2 Å². The molecule has 2 aromatic carbocycles. The third kappa shape index (κ3) is 5.86. The second-order valence-electron chi connectivity index (χ2n) is 8.10. The van der Waals surface area contributed by atoms with Crippen molar-refractivity contribution in [3.8, 4) is 17.5 Å². The van der Waals surface area contributed by atoms with Crippen LogP contribution in [0.4, 0.5) is 17.6 Å². The predicted octanol–water partition coefficient (Wildman–Crippen LogP) is 2.61. The van der Waals surface area contributed by atoms with E-state index in [0.717, 1.165) is 21.3 Å². The highest BCUT2D eigenvalue weighted by molar-refractivity contribution is 5.72.